The Balaban J connectivity index is 2.06. The van der Waals surface area contributed by atoms with Crippen LogP contribution in [0.3, 0.4) is 0 Å². The zero-order valence-electron chi connectivity index (χ0n) is 19.8. The molecule has 3 aromatic rings. The van der Waals surface area contributed by atoms with Crippen LogP contribution in [-0.4, -0.2) is 35.6 Å². The van der Waals surface area contributed by atoms with E-state index in [2.05, 4.69) is 4.98 Å². The third-order valence-corrected chi connectivity index (χ3v) is 6.77. The largest absolute Gasteiger partial charge is 0.481 e. The highest BCUT2D eigenvalue weighted by atomic mass is 32.2. The second-order valence-corrected chi connectivity index (χ2v) is 9.87. The molecule has 0 aliphatic heterocycles. The summed E-state index contributed by atoms with van der Waals surface area (Å²) < 4.78 is 48.8. The Bertz CT molecular complexity index is 1530. The second-order valence-electron chi connectivity index (χ2n) is 8.22. The third-order valence-electron chi connectivity index (χ3n) is 5.42. The van der Waals surface area contributed by atoms with Gasteiger partial charge in [0.25, 0.3) is 15.6 Å². The predicted octanol–water partition coefficient (Wildman–Crippen LogP) is 1.46. The molecule has 0 radical (unpaired) electrons. The minimum Gasteiger partial charge on any atom is -0.481 e. The van der Waals surface area contributed by atoms with E-state index in [1.807, 2.05) is 18.6 Å². The summed E-state index contributed by atoms with van der Waals surface area (Å²) >= 11 is 0. The summed E-state index contributed by atoms with van der Waals surface area (Å²) in [6.07, 6.45) is 1.91. The highest BCUT2D eigenvalue weighted by molar-refractivity contribution is 7.90. The van der Waals surface area contributed by atoms with Crippen molar-refractivity contribution in [3.63, 3.8) is 0 Å². The van der Waals surface area contributed by atoms with Gasteiger partial charge in [-0.1, -0.05) is 13.8 Å². The number of carbonyl (C=O) groups excluding carboxylic acids is 1. The third kappa shape index (κ3) is 5.32. The van der Waals surface area contributed by atoms with Gasteiger partial charge in [-0.05, 0) is 46.4 Å². The molecule has 0 saturated carbocycles. The number of nitrogens with one attached hydrogen (secondary N) is 1. The number of amides is 1. The van der Waals surface area contributed by atoms with Gasteiger partial charge in [0.2, 0.25) is 11.8 Å². The molecule has 186 valence electrons. The number of pyridine rings is 1. The van der Waals surface area contributed by atoms with Crippen LogP contribution in [0.4, 0.5) is 4.39 Å². The van der Waals surface area contributed by atoms with Crippen LogP contribution in [-0.2, 0) is 35.3 Å². The molecule has 1 aromatic carbocycles. The summed E-state index contributed by atoms with van der Waals surface area (Å²) in [4.78, 5) is 40.4. The molecule has 0 bridgehead atoms. The number of aryl methyl sites for hydroxylation is 1. The number of hydrogen-bond acceptors (Lipinski definition) is 7. The van der Waals surface area contributed by atoms with Crippen molar-refractivity contribution in [3.8, 4) is 17.0 Å². The molecule has 1 amide bonds. The Kier molecular flexibility index (Phi) is 7.25. The van der Waals surface area contributed by atoms with Gasteiger partial charge in [-0.25, -0.2) is 27.3 Å². The van der Waals surface area contributed by atoms with E-state index >= 15 is 0 Å². The quantitative estimate of drug-likeness (QED) is 0.516. The van der Waals surface area contributed by atoms with Crippen molar-refractivity contribution in [1.82, 2.24) is 18.8 Å². The highest BCUT2D eigenvalue weighted by Crippen LogP contribution is 2.33. The van der Waals surface area contributed by atoms with Gasteiger partial charge in [0.05, 0.1) is 13.5 Å². The molecule has 1 N–H and O–H groups in total. The lowest BCUT2D eigenvalue weighted by atomic mass is 9.88. The molecule has 2 heterocycles. The second kappa shape index (κ2) is 9.82. The molecule has 0 spiro atoms. The average molecular weight is 505 g/mol. The smallest absolute Gasteiger partial charge is 0.330 e. The molecular weight excluding hydrogens is 479 g/mol. The van der Waals surface area contributed by atoms with E-state index in [0.717, 1.165) is 17.8 Å². The maximum absolute atomic E-state index is 14.5. The van der Waals surface area contributed by atoms with Crippen LogP contribution in [0.5, 0.6) is 5.88 Å². The van der Waals surface area contributed by atoms with Crippen LogP contribution in [0, 0.1) is 5.82 Å². The minimum absolute atomic E-state index is 0.191. The van der Waals surface area contributed by atoms with Crippen molar-refractivity contribution in [2.45, 2.75) is 31.1 Å². The molecule has 10 nitrogen and oxygen atoms in total. The number of carbonyl (C=O) groups is 1. The highest BCUT2D eigenvalue weighted by Gasteiger charge is 2.26. The fraction of sp³-hybridized carbons (Fsp3) is 0.304. The lowest BCUT2D eigenvalue weighted by molar-refractivity contribution is -0.118. The van der Waals surface area contributed by atoms with Crippen molar-refractivity contribution in [1.29, 1.82) is 0 Å². The molecule has 0 fully saturated rings. The molecule has 12 heteroatoms. The van der Waals surface area contributed by atoms with Crippen molar-refractivity contribution < 1.29 is 22.3 Å². The molecule has 0 unspecified atom stereocenters. The molecule has 0 atom stereocenters. The fourth-order valence-corrected chi connectivity index (χ4v) is 4.82. The summed E-state index contributed by atoms with van der Waals surface area (Å²) in [5.41, 5.74) is 0.0427. The molecule has 2 aromatic heterocycles. The summed E-state index contributed by atoms with van der Waals surface area (Å²) in [6.45, 7) is 3.63. The monoisotopic (exact) mass is 504 g/mol. The van der Waals surface area contributed by atoms with Gasteiger partial charge in [0.15, 0.2) is 4.90 Å². The van der Waals surface area contributed by atoms with E-state index in [1.54, 1.807) is 12.1 Å². The number of hydrogen-bond donors (Lipinski definition) is 1. The van der Waals surface area contributed by atoms with Crippen molar-refractivity contribution in [3.05, 3.63) is 74.4 Å². The van der Waals surface area contributed by atoms with Gasteiger partial charge < -0.3 is 9.30 Å². The zero-order valence-corrected chi connectivity index (χ0v) is 20.6. The van der Waals surface area contributed by atoms with E-state index < -0.39 is 44.3 Å². The summed E-state index contributed by atoms with van der Waals surface area (Å²) in [5.74, 6) is -1.37. The van der Waals surface area contributed by atoms with E-state index in [-0.39, 0.29) is 11.8 Å². The van der Waals surface area contributed by atoms with E-state index in [1.165, 1.54) is 32.5 Å². The van der Waals surface area contributed by atoms with E-state index in [0.29, 0.717) is 26.8 Å². The van der Waals surface area contributed by atoms with Crippen LogP contribution in [0.1, 0.15) is 30.9 Å². The molecule has 0 aliphatic rings. The van der Waals surface area contributed by atoms with Gasteiger partial charge in [-0.2, -0.15) is 0 Å². The molecule has 35 heavy (non-hydrogen) atoms. The molecular formula is C23H25FN4O6S. The van der Waals surface area contributed by atoms with Crippen molar-refractivity contribution in [2.24, 2.45) is 14.1 Å². The van der Waals surface area contributed by atoms with Crippen molar-refractivity contribution in [2.75, 3.05) is 7.11 Å². The SMILES string of the molecule is COc1cc(-c2cc(F)cc(C(C)C)c2CC(=O)NS(=O)(=O)c2cn(C)c(=O)n(C)c2=O)ccn1. The van der Waals surface area contributed by atoms with Crippen LogP contribution < -0.4 is 20.7 Å². The number of methoxy groups -OCH3 is 1. The van der Waals surface area contributed by atoms with Gasteiger partial charge in [0, 0.05) is 32.6 Å². The number of halogens is 1. The Labute approximate surface area is 201 Å². The number of ether oxygens (including phenoxy) is 1. The van der Waals surface area contributed by atoms with Crippen LogP contribution in [0.25, 0.3) is 11.1 Å². The normalized spacial score (nSPS) is 11.5. The van der Waals surface area contributed by atoms with Crippen molar-refractivity contribution >= 4 is 15.9 Å². The first-order valence-electron chi connectivity index (χ1n) is 10.5. The molecule has 0 saturated heterocycles. The first-order valence-corrected chi connectivity index (χ1v) is 12.0. The average Bonchev–Trinajstić information content (AvgIpc) is 2.80. The Morgan fingerprint density at radius 1 is 1.20 bits per heavy atom. The summed E-state index contributed by atoms with van der Waals surface area (Å²) in [6, 6.07) is 5.74. The summed E-state index contributed by atoms with van der Waals surface area (Å²) in [7, 11) is -0.751. The van der Waals surface area contributed by atoms with E-state index in [9.17, 15) is 27.2 Å². The molecule has 3 rings (SSSR count). The van der Waals surface area contributed by atoms with Gasteiger partial charge in [-0.3, -0.25) is 14.2 Å². The number of rotatable bonds is 7. The minimum atomic E-state index is -4.60. The number of benzene rings is 1. The van der Waals surface area contributed by atoms with Gasteiger partial charge in [-0.15, -0.1) is 0 Å². The first kappa shape index (κ1) is 25.8. The Morgan fingerprint density at radius 3 is 2.51 bits per heavy atom. The lowest BCUT2D eigenvalue weighted by Gasteiger charge is -2.18. The van der Waals surface area contributed by atoms with E-state index in [4.69, 9.17) is 4.74 Å². The first-order chi connectivity index (χ1) is 16.4. The van der Waals surface area contributed by atoms with Crippen LogP contribution >= 0.6 is 0 Å². The Hall–Kier alpha value is -3.80. The Morgan fingerprint density at radius 2 is 1.89 bits per heavy atom. The predicted molar refractivity (Wildman–Crippen MR) is 126 cm³/mol. The number of sulfonamides is 1. The van der Waals surface area contributed by atoms with Gasteiger partial charge >= 0.3 is 5.69 Å². The molecule has 0 aliphatic carbocycles. The number of nitrogens with zero attached hydrogens (tertiary/aromatic N) is 3. The topological polar surface area (TPSA) is 129 Å². The maximum Gasteiger partial charge on any atom is 0.330 e. The van der Waals surface area contributed by atoms with Crippen LogP contribution in [0.15, 0.2) is 51.1 Å². The summed E-state index contributed by atoms with van der Waals surface area (Å²) in [5, 5.41) is 0. The lowest BCUT2D eigenvalue weighted by Crippen LogP contribution is -2.42. The van der Waals surface area contributed by atoms with Gasteiger partial charge in [0.1, 0.15) is 5.82 Å². The zero-order chi connectivity index (χ0) is 26.1. The number of aromatic nitrogens is 3. The fourth-order valence-electron chi connectivity index (χ4n) is 3.68. The standard InChI is InChI=1S/C23H25FN4O6S/c1-13(2)16-9-15(24)10-17(14-6-7-25-21(8-14)34-5)18(16)11-20(29)26-35(32,33)19-12-27(3)23(31)28(4)22(19)30/h6-10,12-13H,11H2,1-5H3,(H,26,29). The van der Waals surface area contributed by atoms with Crippen LogP contribution in [0.2, 0.25) is 0 Å². The maximum atomic E-state index is 14.5.